The quantitative estimate of drug-likeness (QED) is 0.667. The zero-order chi connectivity index (χ0) is 9.12. The Balaban J connectivity index is 4.26. The van der Waals surface area contributed by atoms with E-state index in [9.17, 15) is 5.11 Å². The van der Waals surface area contributed by atoms with Gasteiger partial charge in [0.2, 0.25) is 0 Å². The van der Waals surface area contributed by atoms with E-state index < -0.39 is 5.60 Å². The molecule has 0 aliphatic rings. The molecule has 0 fully saturated rings. The van der Waals surface area contributed by atoms with Gasteiger partial charge >= 0.3 is 0 Å². The molecule has 1 N–H and O–H groups in total. The van der Waals surface area contributed by atoms with Crippen LogP contribution in [0.25, 0.3) is 0 Å². The summed E-state index contributed by atoms with van der Waals surface area (Å²) in [5.74, 6) is 0. The zero-order valence-electron chi connectivity index (χ0n) is 8.57. The van der Waals surface area contributed by atoms with Crippen molar-refractivity contribution >= 4 is 0 Å². The predicted molar refractivity (Wildman–Crippen MR) is 49.6 cm³/mol. The summed E-state index contributed by atoms with van der Waals surface area (Å²) in [5.41, 5.74) is -0.459. The third-order valence-corrected chi connectivity index (χ3v) is 3.08. The van der Waals surface area contributed by atoms with E-state index in [0.717, 1.165) is 19.3 Å². The highest BCUT2D eigenvalue weighted by Gasteiger charge is 2.36. The Hall–Kier alpha value is -0.0400. The van der Waals surface area contributed by atoms with E-state index in [1.54, 1.807) is 0 Å². The Labute approximate surface area is 70.8 Å². The summed E-state index contributed by atoms with van der Waals surface area (Å²) in [4.78, 5) is 0. The van der Waals surface area contributed by atoms with Crippen LogP contribution in [0.4, 0.5) is 0 Å². The molecule has 0 aliphatic heterocycles. The highest BCUT2D eigenvalue weighted by molar-refractivity contribution is 4.87. The topological polar surface area (TPSA) is 20.2 Å². The molecule has 0 heterocycles. The van der Waals surface area contributed by atoms with E-state index in [2.05, 4.69) is 27.7 Å². The van der Waals surface area contributed by atoms with Crippen molar-refractivity contribution in [1.82, 2.24) is 0 Å². The molecule has 1 nitrogen and oxygen atoms in total. The Morgan fingerprint density at radius 1 is 1.09 bits per heavy atom. The van der Waals surface area contributed by atoms with Crippen molar-refractivity contribution in [3.63, 3.8) is 0 Å². The lowest BCUT2D eigenvalue weighted by Crippen LogP contribution is -2.41. The third-order valence-electron chi connectivity index (χ3n) is 3.08. The molecule has 0 aliphatic carbocycles. The van der Waals surface area contributed by atoms with Gasteiger partial charge in [0, 0.05) is 0 Å². The lowest BCUT2D eigenvalue weighted by atomic mass is 9.72. The Morgan fingerprint density at radius 2 is 1.55 bits per heavy atom. The van der Waals surface area contributed by atoms with Crippen molar-refractivity contribution in [2.24, 2.45) is 5.41 Å². The molecule has 0 rings (SSSR count). The molecular weight excluding hydrogens is 136 g/mol. The van der Waals surface area contributed by atoms with Crippen molar-refractivity contribution < 1.29 is 5.11 Å². The number of aliphatic hydroxyl groups is 1. The molecule has 0 spiro atoms. The lowest BCUT2D eigenvalue weighted by Gasteiger charge is -2.39. The maximum atomic E-state index is 10.0. The number of rotatable bonds is 4. The SMILES string of the molecule is CCCC(C)(O)C(C)(C)CC. The van der Waals surface area contributed by atoms with Crippen molar-refractivity contribution in [2.45, 2.75) is 59.5 Å². The zero-order valence-corrected chi connectivity index (χ0v) is 8.57. The van der Waals surface area contributed by atoms with Crippen LogP contribution in [-0.2, 0) is 0 Å². The summed E-state index contributed by atoms with van der Waals surface area (Å²) in [7, 11) is 0. The van der Waals surface area contributed by atoms with E-state index in [4.69, 9.17) is 0 Å². The van der Waals surface area contributed by atoms with Crippen molar-refractivity contribution in [3.05, 3.63) is 0 Å². The second-order valence-corrected chi connectivity index (χ2v) is 4.26. The smallest absolute Gasteiger partial charge is 0.0670 e. The van der Waals surface area contributed by atoms with Crippen LogP contribution in [0.2, 0.25) is 0 Å². The standard InChI is InChI=1S/C10H22O/c1-6-8-10(5,11)9(3,4)7-2/h11H,6-8H2,1-5H3. The van der Waals surface area contributed by atoms with E-state index in [0.29, 0.717) is 0 Å². The van der Waals surface area contributed by atoms with Crippen LogP contribution in [0.15, 0.2) is 0 Å². The minimum atomic E-state index is -0.503. The summed E-state index contributed by atoms with van der Waals surface area (Å²) in [6.45, 7) is 10.4. The van der Waals surface area contributed by atoms with Gasteiger partial charge in [-0.1, -0.05) is 34.1 Å². The summed E-state index contributed by atoms with van der Waals surface area (Å²) >= 11 is 0. The Bertz CT molecular complexity index is 114. The number of hydrogen-bond donors (Lipinski definition) is 1. The molecule has 0 saturated heterocycles. The van der Waals surface area contributed by atoms with E-state index >= 15 is 0 Å². The van der Waals surface area contributed by atoms with Gasteiger partial charge in [-0.05, 0) is 25.2 Å². The second kappa shape index (κ2) is 3.57. The van der Waals surface area contributed by atoms with Crippen molar-refractivity contribution in [2.75, 3.05) is 0 Å². The van der Waals surface area contributed by atoms with Crippen LogP contribution >= 0.6 is 0 Å². The van der Waals surface area contributed by atoms with Gasteiger partial charge in [-0.25, -0.2) is 0 Å². The summed E-state index contributed by atoms with van der Waals surface area (Å²) in [6, 6.07) is 0. The molecule has 0 saturated carbocycles. The average Bonchev–Trinajstić information content (AvgIpc) is 1.87. The molecule has 0 aromatic heterocycles. The van der Waals surface area contributed by atoms with Gasteiger partial charge in [0.05, 0.1) is 5.60 Å². The molecule has 1 atom stereocenters. The third kappa shape index (κ3) is 2.48. The normalized spacial score (nSPS) is 18.0. The monoisotopic (exact) mass is 158 g/mol. The first-order valence-electron chi connectivity index (χ1n) is 4.59. The summed E-state index contributed by atoms with van der Waals surface area (Å²) < 4.78 is 0. The number of hydrogen-bond acceptors (Lipinski definition) is 1. The second-order valence-electron chi connectivity index (χ2n) is 4.26. The summed E-state index contributed by atoms with van der Waals surface area (Å²) in [5, 5.41) is 10.0. The highest BCUT2D eigenvalue weighted by Crippen LogP contribution is 2.36. The van der Waals surface area contributed by atoms with Crippen LogP contribution in [0.5, 0.6) is 0 Å². The van der Waals surface area contributed by atoms with Crippen molar-refractivity contribution in [3.8, 4) is 0 Å². The van der Waals surface area contributed by atoms with E-state index in [-0.39, 0.29) is 5.41 Å². The van der Waals surface area contributed by atoms with Gasteiger partial charge in [-0.2, -0.15) is 0 Å². The van der Waals surface area contributed by atoms with Crippen LogP contribution in [-0.4, -0.2) is 10.7 Å². The van der Waals surface area contributed by atoms with E-state index in [1.165, 1.54) is 0 Å². The fraction of sp³-hybridized carbons (Fsp3) is 1.00. The molecule has 11 heavy (non-hydrogen) atoms. The van der Waals surface area contributed by atoms with Gasteiger partial charge < -0.3 is 5.11 Å². The highest BCUT2D eigenvalue weighted by atomic mass is 16.3. The van der Waals surface area contributed by atoms with Gasteiger partial charge in [0.1, 0.15) is 0 Å². The van der Waals surface area contributed by atoms with Crippen LogP contribution < -0.4 is 0 Å². The fourth-order valence-electron chi connectivity index (χ4n) is 1.21. The summed E-state index contributed by atoms with van der Waals surface area (Å²) in [6.07, 6.45) is 2.98. The average molecular weight is 158 g/mol. The van der Waals surface area contributed by atoms with Gasteiger partial charge in [0.25, 0.3) is 0 Å². The molecule has 0 radical (unpaired) electrons. The first kappa shape index (κ1) is 11.0. The Morgan fingerprint density at radius 3 is 1.82 bits per heavy atom. The molecule has 1 unspecified atom stereocenters. The van der Waals surface area contributed by atoms with Crippen LogP contribution in [0.3, 0.4) is 0 Å². The maximum Gasteiger partial charge on any atom is 0.0670 e. The molecule has 1 heteroatoms. The first-order chi connectivity index (χ1) is 4.87. The molecule has 0 bridgehead atoms. The van der Waals surface area contributed by atoms with Crippen molar-refractivity contribution in [1.29, 1.82) is 0 Å². The van der Waals surface area contributed by atoms with Gasteiger partial charge in [-0.15, -0.1) is 0 Å². The van der Waals surface area contributed by atoms with Crippen LogP contribution in [0, 0.1) is 5.41 Å². The predicted octanol–water partition coefficient (Wildman–Crippen LogP) is 2.97. The molecule has 68 valence electrons. The minimum absolute atomic E-state index is 0.0447. The van der Waals surface area contributed by atoms with Crippen LogP contribution in [0.1, 0.15) is 53.9 Å². The Kier molecular flexibility index (Phi) is 3.56. The minimum Gasteiger partial charge on any atom is -0.390 e. The first-order valence-corrected chi connectivity index (χ1v) is 4.59. The lowest BCUT2D eigenvalue weighted by molar-refractivity contribution is -0.0600. The van der Waals surface area contributed by atoms with Gasteiger partial charge in [0.15, 0.2) is 0 Å². The maximum absolute atomic E-state index is 10.0. The largest absolute Gasteiger partial charge is 0.390 e. The molecular formula is C10H22O. The van der Waals surface area contributed by atoms with E-state index in [1.807, 2.05) is 6.92 Å². The molecule has 0 aromatic rings. The molecule has 0 amide bonds. The fourth-order valence-corrected chi connectivity index (χ4v) is 1.21. The molecule has 0 aromatic carbocycles. The van der Waals surface area contributed by atoms with Gasteiger partial charge in [-0.3, -0.25) is 0 Å².